The molecule has 0 aliphatic carbocycles. The van der Waals surface area contributed by atoms with Crippen LogP contribution in [0.1, 0.15) is 23.6 Å². The summed E-state index contributed by atoms with van der Waals surface area (Å²) < 4.78 is 10.7. The van der Waals surface area contributed by atoms with E-state index in [4.69, 9.17) is 9.47 Å². The summed E-state index contributed by atoms with van der Waals surface area (Å²) in [5.41, 5.74) is 2.45. The Morgan fingerprint density at radius 2 is 2.00 bits per heavy atom. The number of hydrogen-bond acceptors (Lipinski definition) is 4. The minimum absolute atomic E-state index is 0.115. The number of methoxy groups -OCH3 is 2. The molecule has 2 heterocycles. The number of carbonyl (C=O) groups is 1. The van der Waals surface area contributed by atoms with Gasteiger partial charge in [0.1, 0.15) is 0 Å². The molecule has 1 saturated heterocycles. The Hall–Kier alpha value is -1.75. The Bertz CT molecular complexity index is 516. The van der Waals surface area contributed by atoms with Gasteiger partial charge in [0.2, 0.25) is 5.91 Å². The van der Waals surface area contributed by atoms with Gasteiger partial charge in [-0.2, -0.15) is 0 Å². The Labute approximate surface area is 112 Å². The molecule has 1 atom stereocenters. The SMILES string of the molecule is COc1cc2c(cc1OC)[C@H]1CC(=O)NCN1CC2. The Balaban J connectivity index is 2.03. The number of nitrogens with zero attached hydrogens (tertiary/aromatic N) is 1. The van der Waals surface area contributed by atoms with Crippen LogP contribution >= 0.6 is 0 Å². The molecule has 5 heteroatoms. The van der Waals surface area contributed by atoms with Gasteiger partial charge in [-0.05, 0) is 29.7 Å². The molecule has 1 fully saturated rings. The van der Waals surface area contributed by atoms with Crippen LogP contribution in [0.25, 0.3) is 0 Å². The Morgan fingerprint density at radius 1 is 1.26 bits per heavy atom. The second-order valence-electron chi connectivity index (χ2n) is 4.95. The van der Waals surface area contributed by atoms with Crippen molar-refractivity contribution in [3.05, 3.63) is 23.3 Å². The van der Waals surface area contributed by atoms with Crippen molar-refractivity contribution < 1.29 is 14.3 Å². The van der Waals surface area contributed by atoms with E-state index in [0.717, 1.165) is 24.5 Å². The van der Waals surface area contributed by atoms with E-state index in [0.29, 0.717) is 13.1 Å². The summed E-state index contributed by atoms with van der Waals surface area (Å²) in [5, 5.41) is 2.89. The van der Waals surface area contributed by atoms with Gasteiger partial charge in [0.25, 0.3) is 0 Å². The summed E-state index contributed by atoms with van der Waals surface area (Å²) in [6.07, 6.45) is 1.49. The van der Waals surface area contributed by atoms with E-state index < -0.39 is 0 Å². The number of fused-ring (bicyclic) bond motifs is 3. The number of benzene rings is 1. The zero-order valence-corrected chi connectivity index (χ0v) is 11.2. The van der Waals surface area contributed by atoms with Crippen molar-refractivity contribution in [1.82, 2.24) is 10.2 Å². The molecule has 1 amide bonds. The van der Waals surface area contributed by atoms with Crippen LogP contribution in [-0.4, -0.2) is 38.2 Å². The van der Waals surface area contributed by atoms with Crippen molar-refractivity contribution >= 4 is 5.91 Å². The summed E-state index contributed by atoms with van der Waals surface area (Å²) in [7, 11) is 3.28. The summed E-state index contributed by atoms with van der Waals surface area (Å²) >= 11 is 0. The van der Waals surface area contributed by atoms with Gasteiger partial charge in [0.05, 0.1) is 20.9 Å². The summed E-state index contributed by atoms with van der Waals surface area (Å²) in [6.45, 7) is 1.60. The van der Waals surface area contributed by atoms with Crippen LogP contribution in [0.4, 0.5) is 0 Å². The molecule has 102 valence electrons. The van der Waals surface area contributed by atoms with Crippen LogP contribution in [-0.2, 0) is 11.2 Å². The topological polar surface area (TPSA) is 50.8 Å². The van der Waals surface area contributed by atoms with Gasteiger partial charge >= 0.3 is 0 Å². The third kappa shape index (κ3) is 2.04. The predicted octanol–water partition coefficient (Wildman–Crippen LogP) is 1.08. The van der Waals surface area contributed by atoms with Gasteiger partial charge in [-0.15, -0.1) is 0 Å². The zero-order chi connectivity index (χ0) is 13.4. The molecule has 0 bridgehead atoms. The minimum Gasteiger partial charge on any atom is -0.493 e. The van der Waals surface area contributed by atoms with Crippen molar-refractivity contribution in [2.24, 2.45) is 0 Å². The first-order valence-electron chi connectivity index (χ1n) is 6.48. The normalized spacial score (nSPS) is 22.2. The molecular weight excluding hydrogens is 244 g/mol. The highest BCUT2D eigenvalue weighted by Gasteiger charge is 2.33. The van der Waals surface area contributed by atoms with Crippen LogP contribution < -0.4 is 14.8 Å². The number of amides is 1. The van der Waals surface area contributed by atoms with Crippen LogP contribution in [0.15, 0.2) is 12.1 Å². The maximum atomic E-state index is 11.6. The van der Waals surface area contributed by atoms with E-state index in [1.54, 1.807) is 14.2 Å². The van der Waals surface area contributed by atoms with Gasteiger partial charge in [-0.25, -0.2) is 0 Å². The van der Waals surface area contributed by atoms with E-state index in [9.17, 15) is 4.79 Å². The van der Waals surface area contributed by atoms with Crippen molar-refractivity contribution in [3.8, 4) is 11.5 Å². The number of nitrogens with one attached hydrogen (secondary N) is 1. The van der Waals surface area contributed by atoms with E-state index in [1.807, 2.05) is 12.1 Å². The Kier molecular flexibility index (Phi) is 3.06. The average molecular weight is 262 g/mol. The molecule has 5 nitrogen and oxygen atoms in total. The quantitative estimate of drug-likeness (QED) is 0.866. The lowest BCUT2D eigenvalue weighted by Crippen LogP contribution is -2.49. The summed E-state index contributed by atoms with van der Waals surface area (Å²) in [5.74, 6) is 1.60. The van der Waals surface area contributed by atoms with Crippen LogP contribution in [0.2, 0.25) is 0 Å². The largest absolute Gasteiger partial charge is 0.493 e. The van der Waals surface area contributed by atoms with Gasteiger partial charge < -0.3 is 14.8 Å². The van der Waals surface area contributed by atoms with E-state index >= 15 is 0 Å². The lowest BCUT2D eigenvalue weighted by Gasteiger charge is -2.40. The smallest absolute Gasteiger partial charge is 0.222 e. The highest BCUT2D eigenvalue weighted by atomic mass is 16.5. The molecule has 2 aliphatic heterocycles. The van der Waals surface area contributed by atoms with Crippen molar-refractivity contribution in [2.45, 2.75) is 18.9 Å². The molecule has 1 aromatic carbocycles. The van der Waals surface area contributed by atoms with E-state index in [2.05, 4.69) is 10.2 Å². The van der Waals surface area contributed by atoms with Gasteiger partial charge in [0.15, 0.2) is 11.5 Å². The Morgan fingerprint density at radius 3 is 2.74 bits per heavy atom. The maximum Gasteiger partial charge on any atom is 0.222 e. The van der Waals surface area contributed by atoms with Crippen LogP contribution in [0.5, 0.6) is 11.5 Å². The fourth-order valence-electron chi connectivity index (χ4n) is 2.95. The van der Waals surface area contributed by atoms with Crippen molar-refractivity contribution in [2.75, 3.05) is 27.4 Å². The molecule has 0 unspecified atom stereocenters. The van der Waals surface area contributed by atoms with Crippen molar-refractivity contribution in [1.29, 1.82) is 0 Å². The molecule has 0 spiro atoms. The number of carbonyl (C=O) groups excluding carboxylic acids is 1. The van der Waals surface area contributed by atoms with Gasteiger partial charge in [-0.1, -0.05) is 0 Å². The maximum absolute atomic E-state index is 11.6. The van der Waals surface area contributed by atoms with E-state index in [-0.39, 0.29) is 11.9 Å². The highest BCUT2D eigenvalue weighted by Crippen LogP contribution is 2.39. The van der Waals surface area contributed by atoms with Gasteiger partial charge in [0, 0.05) is 19.0 Å². The molecule has 2 aliphatic rings. The predicted molar refractivity (Wildman–Crippen MR) is 70.3 cm³/mol. The molecule has 0 saturated carbocycles. The lowest BCUT2D eigenvalue weighted by atomic mass is 9.89. The molecule has 0 aromatic heterocycles. The number of ether oxygens (including phenoxy) is 2. The summed E-state index contributed by atoms with van der Waals surface area (Å²) in [4.78, 5) is 13.9. The monoisotopic (exact) mass is 262 g/mol. The third-order valence-corrected chi connectivity index (χ3v) is 3.97. The number of rotatable bonds is 2. The molecule has 1 aromatic rings. The first kappa shape index (κ1) is 12.3. The van der Waals surface area contributed by atoms with Crippen LogP contribution in [0.3, 0.4) is 0 Å². The average Bonchev–Trinajstić information content (AvgIpc) is 2.45. The number of hydrogen-bond donors (Lipinski definition) is 1. The third-order valence-electron chi connectivity index (χ3n) is 3.97. The second kappa shape index (κ2) is 4.74. The van der Waals surface area contributed by atoms with Gasteiger partial charge in [-0.3, -0.25) is 9.69 Å². The second-order valence-corrected chi connectivity index (χ2v) is 4.95. The molecular formula is C14H18N2O3. The van der Waals surface area contributed by atoms with Crippen LogP contribution in [0, 0.1) is 0 Å². The molecule has 3 rings (SSSR count). The lowest BCUT2D eigenvalue weighted by molar-refractivity contribution is -0.126. The van der Waals surface area contributed by atoms with Crippen molar-refractivity contribution in [3.63, 3.8) is 0 Å². The molecule has 0 radical (unpaired) electrons. The fourth-order valence-corrected chi connectivity index (χ4v) is 2.95. The molecule has 1 N–H and O–H groups in total. The van der Waals surface area contributed by atoms with E-state index in [1.165, 1.54) is 11.1 Å². The first-order valence-corrected chi connectivity index (χ1v) is 6.48. The standard InChI is InChI=1S/C14H18N2O3/c1-18-12-5-9-3-4-16-8-15-14(17)7-11(16)10(9)6-13(12)19-2/h5-6,11H,3-4,7-8H2,1-2H3,(H,15,17)/t11-/m1/s1. The fraction of sp³-hybridized carbons (Fsp3) is 0.500. The first-order chi connectivity index (χ1) is 9.22. The summed E-state index contributed by atoms with van der Waals surface area (Å²) in [6, 6.07) is 4.22. The molecule has 19 heavy (non-hydrogen) atoms. The minimum atomic E-state index is 0.115. The zero-order valence-electron chi connectivity index (χ0n) is 11.2. The highest BCUT2D eigenvalue weighted by molar-refractivity contribution is 5.77.